The molecule has 0 saturated carbocycles. The normalized spacial score (nSPS) is 17.7. The summed E-state index contributed by atoms with van der Waals surface area (Å²) in [6.45, 7) is 2.84. The molecule has 5 heteroatoms. The minimum absolute atomic E-state index is 0.0119. The molecule has 4 nitrogen and oxygen atoms in total. The van der Waals surface area contributed by atoms with Gasteiger partial charge in [0.15, 0.2) is 0 Å². The number of nitrogens with one attached hydrogen (secondary N) is 1. The summed E-state index contributed by atoms with van der Waals surface area (Å²) in [5.41, 5.74) is 3.06. The fourth-order valence-corrected chi connectivity index (χ4v) is 4.57. The number of carbonyl (C=O) groups excluding carboxylic acids is 1. The molecule has 1 aromatic heterocycles. The highest BCUT2D eigenvalue weighted by atomic mass is 79.9. The maximum Gasteiger partial charge on any atom is 0.269 e. The number of para-hydroxylation sites is 1. The van der Waals surface area contributed by atoms with E-state index in [1.165, 1.54) is 5.56 Å². The average Bonchev–Trinajstić information content (AvgIpc) is 3.19. The number of carbonyl (C=O) groups is 1. The molecule has 4 rings (SSSR count). The maximum absolute atomic E-state index is 12.9. The average molecular weight is 412 g/mol. The number of aromatic nitrogens is 1. The van der Waals surface area contributed by atoms with E-state index < -0.39 is 0 Å². The van der Waals surface area contributed by atoms with Gasteiger partial charge in [-0.05, 0) is 34.0 Å². The first-order chi connectivity index (χ1) is 12.6. The van der Waals surface area contributed by atoms with Crippen LogP contribution in [0.15, 0.2) is 59.1 Å². The molecule has 1 atom stereocenters. The van der Waals surface area contributed by atoms with Crippen LogP contribution >= 0.6 is 15.9 Å². The minimum atomic E-state index is -0.0119. The van der Waals surface area contributed by atoms with Gasteiger partial charge in [-0.1, -0.05) is 48.5 Å². The highest BCUT2D eigenvalue weighted by Gasteiger charge is 2.26. The minimum Gasteiger partial charge on any atom is -0.347 e. The highest BCUT2D eigenvalue weighted by Crippen LogP contribution is 2.30. The summed E-state index contributed by atoms with van der Waals surface area (Å²) in [4.78, 5) is 15.3. The standard InChI is InChI=1S/C21H22BrN3O/c1-24-18-10-6-5-9-17(18)19(22)20(24)21(26)23-16-11-12-25(14-16)13-15-7-3-2-4-8-15/h2-10,16H,11-14H2,1H3,(H,23,26). The maximum atomic E-state index is 12.9. The fraction of sp³-hybridized carbons (Fsp3) is 0.286. The van der Waals surface area contributed by atoms with Gasteiger partial charge in [-0.15, -0.1) is 0 Å². The van der Waals surface area contributed by atoms with Crippen LogP contribution in [-0.4, -0.2) is 34.5 Å². The Hall–Kier alpha value is -2.11. The van der Waals surface area contributed by atoms with E-state index >= 15 is 0 Å². The van der Waals surface area contributed by atoms with E-state index in [2.05, 4.69) is 50.4 Å². The molecule has 0 radical (unpaired) electrons. The molecule has 1 amide bonds. The lowest BCUT2D eigenvalue weighted by Crippen LogP contribution is -2.37. The number of fused-ring (bicyclic) bond motifs is 1. The first-order valence-electron chi connectivity index (χ1n) is 8.93. The summed E-state index contributed by atoms with van der Waals surface area (Å²) in [5, 5.41) is 4.29. The summed E-state index contributed by atoms with van der Waals surface area (Å²) in [6, 6.07) is 18.7. The molecule has 0 bridgehead atoms. The number of amides is 1. The first kappa shape index (κ1) is 17.3. The van der Waals surface area contributed by atoms with Crippen molar-refractivity contribution in [3.63, 3.8) is 0 Å². The molecule has 1 aliphatic rings. The number of hydrogen-bond acceptors (Lipinski definition) is 2. The zero-order valence-corrected chi connectivity index (χ0v) is 16.4. The molecule has 3 aromatic rings. The topological polar surface area (TPSA) is 37.3 Å². The molecule has 2 aromatic carbocycles. The Morgan fingerprint density at radius 3 is 2.65 bits per heavy atom. The smallest absolute Gasteiger partial charge is 0.269 e. The Bertz CT molecular complexity index is 896. The van der Waals surface area contributed by atoms with Gasteiger partial charge in [0.05, 0.1) is 4.47 Å². The van der Waals surface area contributed by atoms with Crippen LogP contribution in [0, 0.1) is 0 Å². The molecule has 0 aliphatic carbocycles. The molecule has 2 heterocycles. The van der Waals surface area contributed by atoms with Crippen molar-refractivity contribution in [2.24, 2.45) is 7.05 Å². The van der Waals surface area contributed by atoms with Gasteiger partial charge in [0.1, 0.15) is 5.69 Å². The molecule has 26 heavy (non-hydrogen) atoms. The fourth-order valence-electron chi connectivity index (χ4n) is 3.79. The molecule has 1 N–H and O–H groups in total. The number of benzene rings is 2. The van der Waals surface area contributed by atoms with Crippen molar-refractivity contribution in [1.29, 1.82) is 0 Å². The molecule has 1 unspecified atom stereocenters. The van der Waals surface area contributed by atoms with Crippen LogP contribution in [0.4, 0.5) is 0 Å². The number of aryl methyl sites for hydroxylation is 1. The van der Waals surface area contributed by atoms with Gasteiger partial charge in [0.2, 0.25) is 0 Å². The Morgan fingerprint density at radius 1 is 1.15 bits per heavy atom. The van der Waals surface area contributed by atoms with Crippen LogP contribution in [0.1, 0.15) is 22.5 Å². The van der Waals surface area contributed by atoms with E-state index in [-0.39, 0.29) is 11.9 Å². The van der Waals surface area contributed by atoms with Gasteiger partial charge in [-0.3, -0.25) is 9.69 Å². The highest BCUT2D eigenvalue weighted by molar-refractivity contribution is 9.10. The van der Waals surface area contributed by atoms with Gasteiger partial charge in [-0.25, -0.2) is 0 Å². The van der Waals surface area contributed by atoms with Crippen molar-refractivity contribution in [3.05, 3.63) is 70.3 Å². The zero-order valence-electron chi connectivity index (χ0n) is 14.8. The van der Waals surface area contributed by atoms with Crippen LogP contribution in [-0.2, 0) is 13.6 Å². The van der Waals surface area contributed by atoms with E-state index in [1.54, 1.807) is 0 Å². The Kier molecular flexibility index (Phi) is 4.83. The second-order valence-electron chi connectivity index (χ2n) is 6.92. The largest absolute Gasteiger partial charge is 0.347 e. The lowest BCUT2D eigenvalue weighted by atomic mass is 10.2. The summed E-state index contributed by atoms with van der Waals surface area (Å²) < 4.78 is 2.83. The summed E-state index contributed by atoms with van der Waals surface area (Å²) in [5.74, 6) is -0.0119. The second-order valence-corrected chi connectivity index (χ2v) is 7.71. The van der Waals surface area contributed by atoms with Gasteiger partial charge in [-0.2, -0.15) is 0 Å². The van der Waals surface area contributed by atoms with E-state index in [0.717, 1.165) is 41.4 Å². The van der Waals surface area contributed by atoms with Gasteiger partial charge in [0.25, 0.3) is 5.91 Å². The van der Waals surface area contributed by atoms with Gasteiger partial charge < -0.3 is 9.88 Å². The van der Waals surface area contributed by atoms with Crippen LogP contribution in [0.2, 0.25) is 0 Å². The van der Waals surface area contributed by atoms with Crippen molar-refractivity contribution < 1.29 is 4.79 Å². The Morgan fingerprint density at radius 2 is 1.88 bits per heavy atom. The van der Waals surface area contributed by atoms with Crippen molar-refractivity contribution in [2.45, 2.75) is 19.0 Å². The third-order valence-corrected chi connectivity index (χ3v) is 5.92. The van der Waals surface area contributed by atoms with Gasteiger partial charge >= 0.3 is 0 Å². The lowest BCUT2D eigenvalue weighted by Gasteiger charge is -2.17. The molecule has 134 valence electrons. The van der Waals surface area contributed by atoms with Crippen LogP contribution in [0.3, 0.4) is 0 Å². The van der Waals surface area contributed by atoms with Crippen molar-refractivity contribution in [1.82, 2.24) is 14.8 Å². The van der Waals surface area contributed by atoms with Crippen LogP contribution in [0.25, 0.3) is 10.9 Å². The summed E-state index contributed by atoms with van der Waals surface area (Å²) >= 11 is 3.62. The third-order valence-electron chi connectivity index (χ3n) is 5.12. The van der Waals surface area contributed by atoms with E-state index in [1.807, 2.05) is 41.9 Å². The van der Waals surface area contributed by atoms with Crippen molar-refractivity contribution >= 4 is 32.7 Å². The Labute approximate surface area is 161 Å². The van der Waals surface area contributed by atoms with Gasteiger partial charge in [0, 0.05) is 43.6 Å². The van der Waals surface area contributed by atoms with E-state index in [9.17, 15) is 4.79 Å². The van der Waals surface area contributed by atoms with Crippen molar-refractivity contribution in [2.75, 3.05) is 13.1 Å². The number of likely N-dealkylation sites (tertiary alicyclic amines) is 1. The predicted octanol–water partition coefficient (Wildman–Crippen LogP) is 3.95. The number of hydrogen-bond donors (Lipinski definition) is 1. The number of rotatable bonds is 4. The molecular weight excluding hydrogens is 390 g/mol. The summed E-state index contributed by atoms with van der Waals surface area (Å²) in [7, 11) is 1.94. The van der Waals surface area contributed by atoms with E-state index in [0.29, 0.717) is 5.69 Å². The predicted molar refractivity (Wildman–Crippen MR) is 108 cm³/mol. The number of halogens is 1. The molecule has 1 fully saturated rings. The molecular formula is C21H22BrN3O. The van der Waals surface area contributed by atoms with Crippen molar-refractivity contribution in [3.8, 4) is 0 Å². The SMILES string of the molecule is Cn1c(C(=O)NC2CCN(Cc3ccccc3)C2)c(Br)c2ccccc21. The zero-order chi connectivity index (χ0) is 18.1. The van der Waals surface area contributed by atoms with Crippen LogP contribution in [0.5, 0.6) is 0 Å². The first-order valence-corrected chi connectivity index (χ1v) is 9.73. The summed E-state index contributed by atoms with van der Waals surface area (Å²) in [6.07, 6.45) is 0.986. The number of nitrogens with zero attached hydrogens (tertiary/aromatic N) is 2. The Balaban J connectivity index is 1.45. The third kappa shape index (κ3) is 3.29. The molecule has 1 saturated heterocycles. The molecule has 0 spiro atoms. The van der Waals surface area contributed by atoms with Crippen LogP contribution < -0.4 is 5.32 Å². The lowest BCUT2D eigenvalue weighted by molar-refractivity contribution is 0.0929. The monoisotopic (exact) mass is 411 g/mol. The van der Waals surface area contributed by atoms with E-state index in [4.69, 9.17) is 0 Å². The quantitative estimate of drug-likeness (QED) is 0.705. The molecule has 1 aliphatic heterocycles. The second kappa shape index (κ2) is 7.25.